The van der Waals surface area contributed by atoms with E-state index in [9.17, 15) is 0 Å². The zero-order valence-electron chi connectivity index (χ0n) is 12.6. The molecule has 1 aromatic rings. The van der Waals surface area contributed by atoms with Crippen LogP contribution in [0.4, 0.5) is 0 Å². The van der Waals surface area contributed by atoms with Crippen LogP contribution in [0.3, 0.4) is 0 Å². The minimum Gasteiger partial charge on any atom is -0.329 e. The number of fused-ring (bicyclic) bond motifs is 1. The van der Waals surface area contributed by atoms with Crippen molar-refractivity contribution in [2.45, 2.75) is 58.5 Å². The molecule has 0 bridgehead atoms. The lowest BCUT2D eigenvalue weighted by molar-refractivity contribution is 0.0537. The van der Waals surface area contributed by atoms with Gasteiger partial charge in [-0.1, -0.05) is 27.2 Å². The van der Waals surface area contributed by atoms with E-state index < -0.39 is 0 Å². The Morgan fingerprint density at radius 1 is 1.47 bits per heavy atom. The monoisotopic (exact) mass is 280 g/mol. The van der Waals surface area contributed by atoms with E-state index in [4.69, 9.17) is 5.73 Å². The average Bonchev–Trinajstić information content (AvgIpc) is 2.92. The van der Waals surface area contributed by atoms with E-state index >= 15 is 0 Å². The molecule has 3 heteroatoms. The Kier molecular flexibility index (Phi) is 5.04. The van der Waals surface area contributed by atoms with Crippen LogP contribution in [0.1, 0.15) is 50.5 Å². The SMILES string of the molecule is CCC(C)CC(CC)(CN)N1CCc2sccc2C1. The maximum atomic E-state index is 6.21. The van der Waals surface area contributed by atoms with Gasteiger partial charge < -0.3 is 5.73 Å². The molecule has 0 radical (unpaired) electrons. The third kappa shape index (κ3) is 3.04. The van der Waals surface area contributed by atoms with E-state index in [2.05, 4.69) is 37.1 Å². The summed E-state index contributed by atoms with van der Waals surface area (Å²) in [6.07, 6.45) is 4.85. The maximum Gasteiger partial charge on any atom is 0.0335 e. The van der Waals surface area contributed by atoms with Crippen molar-refractivity contribution >= 4 is 11.3 Å². The summed E-state index contributed by atoms with van der Waals surface area (Å²) < 4.78 is 0. The summed E-state index contributed by atoms with van der Waals surface area (Å²) in [5.74, 6) is 0.757. The van der Waals surface area contributed by atoms with Gasteiger partial charge in [0, 0.05) is 30.1 Å². The van der Waals surface area contributed by atoms with Crippen molar-refractivity contribution in [2.75, 3.05) is 13.1 Å². The summed E-state index contributed by atoms with van der Waals surface area (Å²) >= 11 is 1.91. The van der Waals surface area contributed by atoms with E-state index in [1.807, 2.05) is 11.3 Å². The largest absolute Gasteiger partial charge is 0.329 e. The third-order valence-electron chi connectivity index (χ3n) is 4.94. The number of thiophene rings is 1. The summed E-state index contributed by atoms with van der Waals surface area (Å²) in [6, 6.07) is 2.30. The second-order valence-corrected chi connectivity index (χ2v) is 7.04. The number of rotatable bonds is 6. The highest BCUT2D eigenvalue weighted by Crippen LogP contribution is 2.34. The lowest BCUT2D eigenvalue weighted by atomic mass is 9.82. The van der Waals surface area contributed by atoms with Gasteiger partial charge in [0.05, 0.1) is 0 Å². The van der Waals surface area contributed by atoms with Crippen LogP contribution < -0.4 is 5.73 Å². The first kappa shape index (κ1) is 15.0. The van der Waals surface area contributed by atoms with Crippen LogP contribution in [0.5, 0.6) is 0 Å². The van der Waals surface area contributed by atoms with E-state index in [1.54, 1.807) is 4.88 Å². The molecule has 2 unspecified atom stereocenters. The number of hydrogen-bond acceptors (Lipinski definition) is 3. The van der Waals surface area contributed by atoms with Gasteiger partial charge in [0.1, 0.15) is 0 Å². The summed E-state index contributed by atoms with van der Waals surface area (Å²) in [5.41, 5.74) is 7.95. The molecule has 2 N–H and O–H groups in total. The van der Waals surface area contributed by atoms with Crippen molar-refractivity contribution < 1.29 is 0 Å². The van der Waals surface area contributed by atoms with Crippen LogP contribution in [-0.2, 0) is 13.0 Å². The van der Waals surface area contributed by atoms with Crippen molar-refractivity contribution in [3.05, 3.63) is 21.9 Å². The topological polar surface area (TPSA) is 29.3 Å². The summed E-state index contributed by atoms with van der Waals surface area (Å²) in [4.78, 5) is 4.25. The first-order chi connectivity index (χ1) is 9.15. The van der Waals surface area contributed by atoms with Gasteiger partial charge in [0.2, 0.25) is 0 Å². The van der Waals surface area contributed by atoms with Gasteiger partial charge in [0.25, 0.3) is 0 Å². The molecule has 0 aromatic carbocycles. The van der Waals surface area contributed by atoms with Crippen LogP contribution >= 0.6 is 11.3 Å². The van der Waals surface area contributed by atoms with Crippen LogP contribution in [0.25, 0.3) is 0 Å². The fourth-order valence-corrected chi connectivity index (χ4v) is 4.19. The number of nitrogens with zero attached hydrogens (tertiary/aromatic N) is 1. The smallest absolute Gasteiger partial charge is 0.0335 e. The molecule has 1 aliphatic rings. The van der Waals surface area contributed by atoms with E-state index in [-0.39, 0.29) is 5.54 Å². The summed E-state index contributed by atoms with van der Waals surface area (Å²) in [6.45, 7) is 10.0. The molecule has 19 heavy (non-hydrogen) atoms. The van der Waals surface area contributed by atoms with Crippen molar-refractivity contribution in [1.82, 2.24) is 4.90 Å². The first-order valence-corrected chi connectivity index (χ1v) is 8.53. The molecular formula is C16H28N2S. The van der Waals surface area contributed by atoms with Gasteiger partial charge in [0.15, 0.2) is 0 Å². The summed E-state index contributed by atoms with van der Waals surface area (Å²) in [5, 5.41) is 2.24. The molecule has 2 nitrogen and oxygen atoms in total. The maximum absolute atomic E-state index is 6.21. The highest BCUT2D eigenvalue weighted by Gasteiger charge is 2.36. The molecule has 0 saturated carbocycles. The quantitative estimate of drug-likeness (QED) is 0.862. The summed E-state index contributed by atoms with van der Waals surface area (Å²) in [7, 11) is 0. The van der Waals surface area contributed by atoms with Crippen molar-refractivity contribution in [2.24, 2.45) is 11.7 Å². The number of nitrogens with two attached hydrogens (primary N) is 1. The van der Waals surface area contributed by atoms with Crippen molar-refractivity contribution in [3.63, 3.8) is 0 Å². The molecule has 2 rings (SSSR count). The van der Waals surface area contributed by atoms with Gasteiger partial charge in [-0.25, -0.2) is 0 Å². The van der Waals surface area contributed by atoms with Gasteiger partial charge >= 0.3 is 0 Å². The molecule has 2 atom stereocenters. The second kappa shape index (κ2) is 6.38. The van der Waals surface area contributed by atoms with Crippen LogP contribution in [0.15, 0.2) is 11.4 Å². The molecule has 0 saturated heterocycles. The zero-order chi connectivity index (χ0) is 13.9. The molecule has 1 aromatic heterocycles. The fourth-order valence-electron chi connectivity index (χ4n) is 3.30. The molecule has 108 valence electrons. The van der Waals surface area contributed by atoms with Crippen LogP contribution in [0.2, 0.25) is 0 Å². The second-order valence-electron chi connectivity index (χ2n) is 6.04. The standard InChI is InChI=1S/C16H28N2S/c1-4-13(3)10-16(5-2,12-17)18-8-6-15-14(11-18)7-9-19-15/h7,9,13H,4-6,8,10-12,17H2,1-3H3. The first-order valence-electron chi connectivity index (χ1n) is 7.65. The van der Waals surface area contributed by atoms with Crippen molar-refractivity contribution in [1.29, 1.82) is 0 Å². The number of hydrogen-bond donors (Lipinski definition) is 1. The Bertz CT molecular complexity index is 395. The Hall–Kier alpha value is -0.380. The predicted octanol–water partition coefficient (Wildman–Crippen LogP) is 3.65. The molecule has 0 aliphatic carbocycles. The minimum absolute atomic E-state index is 0.203. The highest BCUT2D eigenvalue weighted by atomic mass is 32.1. The minimum atomic E-state index is 0.203. The molecule has 0 fully saturated rings. The molecule has 1 aliphatic heterocycles. The Morgan fingerprint density at radius 3 is 2.89 bits per heavy atom. The van der Waals surface area contributed by atoms with Gasteiger partial charge in [-0.3, -0.25) is 4.90 Å². The molecule has 0 spiro atoms. The Labute approximate surface area is 122 Å². The Balaban J connectivity index is 2.16. The Morgan fingerprint density at radius 2 is 2.26 bits per heavy atom. The fraction of sp³-hybridized carbons (Fsp3) is 0.750. The van der Waals surface area contributed by atoms with Crippen LogP contribution in [-0.4, -0.2) is 23.5 Å². The third-order valence-corrected chi connectivity index (χ3v) is 5.96. The van der Waals surface area contributed by atoms with Crippen LogP contribution in [0, 0.1) is 5.92 Å². The van der Waals surface area contributed by atoms with E-state index in [0.29, 0.717) is 0 Å². The van der Waals surface area contributed by atoms with Gasteiger partial charge in [-0.05, 0) is 42.2 Å². The molecule has 0 amide bonds. The van der Waals surface area contributed by atoms with Gasteiger partial charge in [-0.15, -0.1) is 11.3 Å². The highest BCUT2D eigenvalue weighted by molar-refractivity contribution is 7.10. The predicted molar refractivity (Wildman–Crippen MR) is 84.6 cm³/mol. The lowest BCUT2D eigenvalue weighted by Gasteiger charge is -2.46. The van der Waals surface area contributed by atoms with Crippen molar-refractivity contribution in [3.8, 4) is 0 Å². The molecule has 2 heterocycles. The van der Waals surface area contributed by atoms with Gasteiger partial charge in [-0.2, -0.15) is 0 Å². The normalized spacial score (nSPS) is 20.8. The zero-order valence-corrected chi connectivity index (χ0v) is 13.4. The average molecular weight is 280 g/mol. The van der Waals surface area contributed by atoms with E-state index in [1.165, 1.54) is 31.4 Å². The lowest BCUT2D eigenvalue weighted by Crippen LogP contribution is -2.55. The van der Waals surface area contributed by atoms with E-state index in [0.717, 1.165) is 25.4 Å². The molecular weight excluding hydrogens is 252 g/mol.